The lowest BCUT2D eigenvalue weighted by Gasteiger charge is -2.21. The van der Waals surface area contributed by atoms with E-state index in [1.807, 2.05) is 0 Å². The van der Waals surface area contributed by atoms with Crippen molar-refractivity contribution >= 4 is 12.0 Å². The zero-order chi connectivity index (χ0) is 14.3. The van der Waals surface area contributed by atoms with Gasteiger partial charge in [-0.05, 0) is 6.92 Å². The van der Waals surface area contributed by atoms with Gasteiger partial charge >= 0.3 is 12.0 Å². The molecule has 1 atom stereocenters. The second-order valence-corrected chi connectivity index (χ2v) is 3.84. The van der Waals surface area contributed by atoms with Crippen molar-refractivity contribution in [2.24, 2.45) is 0 Å². The Morgan fingerprint density at radius 1 is 1.68 bits per heavy atom. The number of nitrogens with one attached hydrogen (secondary N) is 2. The van der Waals surface area contributed by atoms with Crippen molar-refractivity contribution in [3.8, 4) is 12.3 Å². The molecule has 0 bridgehead atoms. The molecular weight excluding hydrogens is 248 g/mol. The average molecular weight is 264 g/mol. The van der Waals surface area contributed by atoms with Crippen LogP contribution in [0.25, 0.3) is 0 Å². The minimum absolute atomic E-state index is 0.134. The summed E-state index contributed by atoms with van der Waals surface area (Å²) >= 11 is 0. The smallest absolute Gasteiger partial charge is 0.326 e. The molecule has 2 amide bonds. The van der Waals surface area contributed by atoms with E-state index in [-0.39, 0.29) is 13.0 Å². The molecule has 7 heteroatoms. The highest BCUT2D eigenvalue weighted by Gasteiger charge is 2.23. The SMILES string of the molecule is C#CCN(CC)C(=O)N[C@@H](Cc1cnc[nH]1)C(=O)O. The van der Waals surface area contributed by atoms with Crippen LogP contribution in [-0.2, 0) is 11.2 Å². The lowest BCUT2D eigenvalue weighted by Crippen LogP contribution is -2.49. The first kappa shape index (κ1) is 14.6. The summed E-state index contributed by atoms with van der Waals surface area (Å²) in [5, 5.41) is 11.5. The summed E-state index contributed by atoms with van der Waals surface area (Å²) in [5.41, 5.74) is 0.632. The van der Waals surface area contributed by atoms with Crippen LogP contribution in [0.15, 0.2) is 12.5 Å². The second-order valence-electron chi connectivity index (χ2n) is 3.84. The van der Waals surface area contributed by atoms with Crippen LogP contribution in [0.2, 0.25) is 0 Å². The van der Waals surface area contributed by atoms with Crippen LogP contribution in [0.1, 0.15) is 12.6 Å². The Labute approximate surface area is 111 Å². The standard InChI is InChI=1S/C12H16N4O3/c1-3-5-16(4-2)12(19)15-10(11(17)18)6-9-7-13-8-14-9/h1,7-8,10H,4-6H2,2H3,(H,13,14)(H,15,19)(H,17,18)/t10-/m0/s1. The topological polar surface area (TPSA) is 98.3 Å². The lowest BCUT2D eigenvalue weighted by atomic mass is 10.1. The molecule has 0 saturated heterocycles. The van der Waals surface area contributed by atoms with Crippen molar-refractivity contribution in [3.63, 3.8) is 0 Å². The lowest BCUT2D eigenvalue weighted by molar-refractivity contribution is -0.139. The maximum Gasteiger partial charge on any atom is 0.326 e. The summed E-state index contributed by atoms with van der Waals surface area (Å²) in [5.74, 6) is 1.24. The van der Waals surface area contributed by atoms with Crippen molar-refractivity contribution in [2.45, 2.75) is 19.4 Å². The van der Waals surface area contributed by atoms with Crippen LogP contribution >= 0.6 is 0 Å². The van der Waals surface area contributed by atoms with Gasteiger partial charge in [0.25, 0.3) is 0 Å². The average Bonchev–Trinajstić information content (AvgIpc) is 2.87. The third-order valence-electron chi connectivity index (χ3n) is 2.53. The van der Waals surface area contributed by atoms with E-state index in [9.17, 15) is 9.59 Å². The van der Waals surface area contributed by atoms with Gasteiger partial charge in [0, 0.05) is 24.9 Å². The van der Waals surface area contributed by atoms with Crippen LogP contribution in [0.5, 0.6) is 0 Å². The number of hydrogen-bond donors (Lipinski definition) is 3. The van der Waals surface area contributed by atoms with Gasteiger partial charge in [-0.25, -0.2) is 14.6 Å². The van der Waals surface area contributed by atoms with Crippen molar-refractivity contribution in [1.82, 2.24) is 20.2 Å². The minimum atomic E-state index is -1.11. The predicted octanol–water partition coefficient (Wildman–Crippen LogP) is 0.0701. The van der Waals surface area contributed by atoms with Crippen LogP contribution in [0, 0.1) is 12.3 Å². The van der Waals surface area contributed by atoms with Gasteiger partial charge in [-0.2, -0.15) is 0 Å². The molecule has 0 saturated carbocycles. The van der Waals surface area contributed by atoms with Crippen molar-refractivity contribution < 1.29 is 14.7 Å². The quantitative estimate of drug-likeness (QED) is 0.633. The number of terminal acetylenes is 1. The molecule has 19 heavy (non-hydrogen) atoms. The highest BCUT2D eigenvalue weighted by atomic mass is 16.4. The van der Waals surface area contributed by atoms with Gasteiger partial charge < -0.3 is 20.3 Å². The Bertz CT molecular complexity index is 464. The van der Waals surface area contributed by atoms with Crippen LogP contribution < -0.4 is 5.32 Å². The number of amides is 2. The molecule has 0 fully saturated rings. The molecular formula is C12H16N4O3. The second kappa shape index (κ2) is 7.06. The molecule has 0 aliphatic rings. The van der Waals surface area contributed by atoms with Gasteiger partial charge in [0.1, 0.15) is 6.04 Å². The van der Waals surface area contributed by atoms with Crippen molar-refractivity contribution in [2.75, 3.05) is 13.1 Å². The van der Waals surface area contributed by atoms with Crippen LogP contribution in [0.4, 0.5) is 4.79 Å². The normalized spacial score (nSPS) is 11.4. The summed E-state index contributed by atoms with van der Waals surface area (Å²) < 4.78 is 0. The van der Waals surface area contributed by atoms with Gasteiger partial charge in [-0.3, -0.25) is 0 Å². The number of H-pyrrole nitrogens is 1. The number of aromatic amines is 1. The zero-order valence-corrected chi connectivity index (χ0v) is 10.6. The summed E-state index contributed by atoms with van der Waals surface area (Å²) in [6, 6.07) is -1.52. The molecule has 0 aliphatic heterocycles. The maximum atomic E-state index is 11.8. The third kappa shape index (κ3) is 4.35. The van der Waals surface area contributed by atoms with E-state index in [4.69, 9.17) is 11.5 Å². The molecule has 102 valence electrons. The number of carbonyl (C=O) groups is 2. The fourth-order valence-corrected chi connectivity index (χ4v) is 1.49. The Hall–Kier alpha value is -2.49. The molecule has 1 heterocycles. The molecule has 0 aromatic carbocycles. The number of carboxylic acids is 1. The minimum Gasteiger partial charge on any atom is -0.480 e. The van der Waals surface area contributed by atoms with Gasteiger partial charge in [-0.15, -0.1) is 6.42 Å². The number of aromatic nitrogens is 2. The molecule has 1 aromatic heterocycles. The van der Waals surface area contributed by atoms with Crippen LogP contribution in [0.3, 0.4) is 0 Å². The molecule has 1 rings (SSSR count). The van der Waals surface area contributed by atoms with Crippen molar-refractivity contribution in [3.05, 3.63) is 18.2 Å². The number of nitrogens with zero attached hydrogens (tertiary/aromatic N) is 2. The number of rotatable bonds is 6. The van der Waals surface area contributed by atoms with Gasteiger partial charge in [-0.1, -0.05) is 5.92 Å². The van der Waals surface area contributed by atoms with Crippen LogP contribution in [-0.4, -0.2) is 51.1 Å². The summed E-state index contributed by atoms with van der Waals surface area (Å²) in [6.07, 6.45) is 8.24. The maximum absolute atomic E-state index is 11.8. The molecule has 0 aliphatic carbocycles. The summed E-state index contributed by atoms with van der Waals surface area (Å²) in [4.78, 5) is 30.9. The number of carboxylic acid groups (broad SMARTS) is 1. The molecule has 1 aromatic rings. The number of imidazole rings is 1. The number of carbonyl (C=O) groups excluding carboxylic acids is 1. The van der Waals surface area contributed by atoms with E-state index < -0.39 is 18.0 Å². The van der Waals surface area contributed by atoms with E-state index in [1.165, 1.54) is 17.4 Å². The summed E-state index contributed by atoms with van der Waals surface area (Å²) in [7, 11) is 0. The number of urea groups is 1. The largest absolute Gasteiger partial charge is 0.480 e. The Morgan fingerprint density at radius 2 is 2.42 bits per heavy atom. The number of hydrogen-bond acceptors (Lipinski definition) is 3. The van der Waals surface area contributed by atoms with E-state index >= 15 is 0 Å². The first-order valence-corrected chi connectivity index (χ1v) is 5.77. The highest BCUT2D eigenvalue weighted by Crippen LogP contribution is 2.00. The molecule has 0 spiro atoms. The van der Waals surface area contributed by atoms with Gasteiger partial charge in [0.05, 0.1) is 12.9 Å². The summed E-state index contributed by atoms with van der Waals surface area (Å²) in [6.45, 7) is 2.31. The first-order chi connectivity index (χ1) is 9.08. The zero-order valence-electron chi connectivity index (χ0n) is 10.6. The Balaban J connectivity index is 2.65. The fraction of sp³-hybridized carbons (Fsp3) is 0.417. The van der Waals surface area contributed by atoms with Gasteiger partial charge in [0.15, 0.2) is 0 Å². The molecule has 3 N–H and O–H groups in total. The third-order valence-corrected chi connectivity index (χ3v) is 2.53. The molecule has 0 unspecified atom stereocenters. The Morgan fingerprint density at radius 3 is 2.89 bits per heavy atom. The van der Waals surface area contributed by atoms with E-state index in [0.717, 1.165) is 0 Å². The Kier molecular flexibility index (Phi) is 5.41. The fourth-order valence-electron chi connectivity index (χ4n) is 1.49. The van der Waals surface area contributed by atoms with Crippen molar-refractivity contribution in [1.29, 1.82) is 0 Å². The molecule has 7 nitrogen and oxygen atoms in total. The van der Waals surface area contributed by atoms with E-state index in [0.29, 0.717) is 12.2 Å². The highest BCUT2D eigenvalue weighted by molar-refractivity contribution is 5.82. The first-order valence-electron chi connectivity index (χ1n) is 5.77. The predicted molar refractivity (Wildman–Crippen MR) is 68.3 cm³/mol. The monoisotopic (exact) mass is 264 g/mol. The van der Waals surface area contributed by atoms with Gasteiger partial charge in [0.2, 0.25) is 0 Å². The van der Waals surface area contributed by atoms with E-state index in [1.54, 1.807) is 6.92 Å². The number of aliphatic carboxylic acids is 1. The van der Waals surface area contributed by atoms with E-state index in [2.05, 4.69) is 21.2 Å². The molecule has 0 radical (unpaired) electrons.